The van der Waals surface area contributed by atoms with Crippen molar-refractivity contribution in [3.8, 4) is 5.75 Å². The summed E-state index contributed by atoms with van der Waals surface area (Å²) in [5.74, 6) is 0.342. The van der Waals surface area contributed by atoms with Gasteiger partial charge in [0.1, 0.15) is 5.69 Å². The van der Waals surface area contributed by atoms with Gasteiger partial charge in [0.15, 0.2) is 5.75 Å². The van der Waals surface area contributed by atoms with Crippen LogP contribution in [-0.2, 0) is 12.0 Å². The van der Waals surface area contributed by atoms with E-state index < -0.39 is 0 Å². The van der Waals surface area contributed by atoms with Gasteiger partial charge in [0.05, 0.1) is 5.69 Å². The number of rotatable bonds is 1. The fourth-order valence-corrected chi connectivity index (χ4v) is 1.35. The topological polar surface area (TPSA) is 38.0 Å². The smallest absolute Gasteiger partial charge is 0.160 e. The third-order valence-corrected chi connectivity index (χ3v) is 2.18. The Labute approximate surface area is 79.4 Å². The molecule has 0 aliphatic rings. The first kappa shape index (κ1) is 10.1. The Morgan fingerprint density at radius 3 is 2.15 bits per heavy atom. The molecule has 13 heavy (non-hydrogen) atoms. The summed E-state index contributed by atoms with van der Waals surface area (Å²) >= 11 is 0. The van der Waals surface area contributed by atoms with Gasteiger partial charge in [-0.1, -0.05) is 20.8 Å². The summed E-state index contributed by atoms with van der Waals surface area (Å²) in [5, 5.41) is 14.2. The largest absolute Gasteiger partial charge is 0.504 e. The maximum atomic E-state index is 9.80. The lowest BCUT2D eigenvalue weighted by Gasteiger charge is -2.14. The molecule has 0 aromatic carbocycles. The molecular weight excluding hydrogens is 164 g/mol. The Hall–Kier alpha value is -0.990. The highest BCUT2D eigenvalue weighted by Gasteiger charge is 2.24. The molecule has 1 aromatic heterocycles. The van der Waals surface area contributed by atoms with E-state index in [9.17, 15) is 5.11 Å². The lowest BCUT2D eigenvalue weighted by atomic mass is 9.91. The Balaban J connectivity index is 3.25. The van der Waals surface area contributed by atoms with Gasteiger partial charge in [0, 0.05) is 12.0 Å². The van der Waals surface area contributed by atoms with Crippen molar-refractivity contribution in [2.24, 2.45) is 0 Å². The molecule has 0 atom stereocenters. The molecule has 3 nitrogen and oxygen atoms in total. The number of aromatic nitrogens is 2. The molecule has 0 aliphatic heterocycles. The van der Waals surface area contributed by atoms with Gasteiger partial charge in [-0.05, 0) is 13.8 Å². The third-order valence-electron chi connectivity index (χ3n) is 2.18. The summed E-state index contributed by atoms with van der Waals surface area (Å²) in [5.41, 5.74) is 1.55. The van der Waals surface area contributed by atoms with Gasteiger partial charge in [-0.25, -0.2) is 0 Å². The van der Waals surface area contributed by atoms with Gasteiger partial charge >= 0.3 is 0 Å². The van der Waals surface area contributed by atoms with Crippen LogP contribution in [0, 0.1) is 6.92 Å². The van der Waals surface area contributed by atoms with Crippen molar-refractivity contribution in [2.75, 3.05) is 0 Å². The van der Waals surface area contributed by atoms with Gasteiger partial charge in [-0.3, -0.25) is 4.68 Å². The van der Waals surface area contributed by atoms with Crippen molar-refractivity contribution < 1.29 is 5.11 Å². The van der Waals surface area contributed by atoms with Crippen LogP contribution >= 0.6 is 0 Å². The third kappa shape index (κ3) is 1.69. The second-order valence-electron chi connectivity index (χ2n) is 4.35. The molecule has 1 heterocycles. The molecule has 0 radical (unpaired) electrons. The minimum Gasteiger partial charge on any atom is -0.504 e. The van der Waals surface area contributed by atoms with Gasteiger partial charge < -0.3 is 5.11 Å². The minimum absolute atomic E-state index is 0.0880. The van der Waals surface area contributed by atoms with E-state index in [1.165, 1.54) is 0 Å². The molecule has 1 rings (SSSR count). The summed E-state index contributed by atoms with van der Waals surface area (Å²) in [7, 11) is 0. The Morgan fingerprint density at radius 1 is 1.38 bits per heavy atom. The maximum Gasteiger partial charge on any atom is 0.160 e. The quantitative estimate of drug-likeness (QED) is 0.723. The first-order chi connectivity index (χ1) is 5.88. The highest BCUT2D eigenvalue weighted by Crippen LogP contribution is 2.31. The van der Waals surface area contributed by atoms with Crippen LogP contribution in [0.25, 0.3) is 0 Å². The van der Waals surface area contributed by atoms with E-state index in [1.54, 1.807) is 0 Å². The Morgan fingerprint density at radius 2 is 1.92 bits per heavy atom. The van der Waals surface area contributed by atoms with Crippen LogP contribution in [-0.4, -0.2) is 14.9 Å². The molecule has 3 heteroatoms. The van der Waals surface area contributed by atoms with Gasteiger partial charge in [0.2, 0.25) is 0 Å². The van der Waals surface area contributed by atoms with Crippen LogP contribution in [0.3, 0.4) is 0 Å². The molecular formula is C10H18N2O. The van der Waals surface area contributed by atoms with Crippen LogP contribution in [0.5, 0.6) is 5.75 Å². The predicted molar refractivity (Wildman–Crippen MR) is 53.0 cm³/mol. The van der Waals surface area contributed by atoms with E-state index in [0.29, 0.717) is 5.75 Å². The average Bonchev–Trinajstić information content (AvgIpc) is 2.28. The SMILES string of the molecule is CCn1nc(C(C)(C)C)c(O)c1C. The standard InChI is InChI=1S/C10H18N2O/c1-6-12-7(2)8(13)9(11-12)10(3,4)5/h13H,6H2,1-5H3. The van der Waals surface area contributed by atoms with Crippen LogP contribution in [0.15, 0.2) is 0 Å². The lowest BCUT2D eigenvalue weighted by molar-refractivity contribution is 0.441. The van der Waals surface area contributed by atoms with E-state index in [-0.39, 0.29) is 5.41 Å². The Kier molecular flexibility index (Phi) is 2.37. The monoisotopic (exact) mass is 182 g/mol. The first-order valence-electron chi connectivity index (χ1n) is 4.64. The van der Waals surface area contributed by atoms with E-state index in [4.69, 9.17) is 0 Å². The molecule has 74 valence electrons. The molecule has 0 amide bonds. The number of hydrogen-bond donors (Lipinski definition) is 1. The molecule has 1 N–H and O–H groups in total. The van der Waals surface area contributed by atoms with Crippen molar-refractivity contribution in [3.63, 3.8) is 0 Å². The highest BCUT2D eigenvalue weighted by molar-refractivity contribution is 5.35. The van der Waals surface area contributed by atoms with Crippen LogP contribution in [0.2, 0.25) is 0 Å². The lowest BCUT2D eigenvalue weighted by Crippen LogP contribution is -2.13. The average molecular weight is 182 g/mol. The molecule has 0 unspecified atom stereocenters. The van der Waals surface area contributed by atoms with Gasteiger partial charge in [-0.15, -0.1) is 0 Å². The molecule has 0 bridgehead atoms. The summed E-state index contributed by atoms with van der Waals surface area (Å²) in [6, 6.07) is 0. The number of hydrogen-bond acceptors (Lipinski definition) is 2. The van der Waals surface area contributed by atoms with Crippen LogP contribution in [0.4, 0.5) is 0 Å². The minimum atomic E-state index is -0.0880. The Bertz CT molecular complexity index is 307. The summed E-state index contributed by atoms with van der Waals surface area (Å²) < 4.78 is 1.83. The molecule has 0 aliphatic carbocycles. The molecule has 0 spiro atoms. The normalized spacial score (nSPS) is 12.1. The number of nitrogens with zero attached hydrogens (tertiary/aromatic N) is 2. The van der Waals surface area contributed by atoms with Crippen molar-refractivity contribution in [1.82, 2.24) is 9.78 Å². The molecule has 1 aromatic rings. The van der Waals surface area contributed by atoms with Crippen molar-refractivity contribution >= 4 is 0 Å². The van der Waals surface area contributed by atoms with Crippen LogP contribution in [0.1, 0.15) is 39.1 Å². The van der Waals surface area contributed by atoms with Crippen molar-refractivity contribution in [3.05, 3.63) is 11.4 Å². The van der Waals surface area contributed by atoms with E-state index in [2.05, 4.69) is 25.9 Å². The fourth-order valence-electron chi connectivity index (χ4n) is 1.35. The zero-order valence-corrected chi connectivity index (χ0v) is 9.05. The molecule has 0 saturated carbocycles. The van der Waals surface area contributed by atoms with E-state index in [0.717, 1.165) is 17.9 Å². The molecule has 0 saturated heterocycles. The second-order valence-corrected chi connectivity index (χ2v) is 4.35. The second kappa shape index (κ2) is 3.05. The number of aryl methyl sites for hydroxylation is 1. The highest BCUT2D eigenvalue weighted by atomic mass is 16.3. The summed E-state index contributed by atoms with van der Waals surface area (Å²) in [4.78, 5) is 0. The van der Waals surface area contributed by atoms with Crippen LogP contribution < -0.4 is 0 Å². The molecule has 0 fully saturated rings. The van der Waals surface area contributed by atoms with Gasteiger partial charge in [0.25, 0.3) is 0 Å². The number of aromatic hydroxyl groups is 1. The fraction of sp³-hybridized carbons (Fsp3) is 0.700. The zero-order valence-electron chi connectivity index (χ0n) is 9.05. The maximum absolute atomic E-state index is 9.80. The summed E-state index contributed by atoms with van der Waals surface area (Å²) in [6.45, 7) is 10.9. The van der Waals surface area contributed by atoms with E-state index in [1.807, 2.05) is 18.5 Å². The first-order valence-corrected chi connectivity index (χ1v) is 4.64. The zero-order chi connectivity index (χ0) is 10.2. The predicted octanol–water partition coefficient (Wildman–Crippen LogP) is 2.21. The van der Waals surface area contributed by atoms with Gasteiger partial charge in [-0.2, -0.15) is 5.10 Å². The van der Waals surface area contributed by atoms with Crippen molar-refractivity contribution in [1.29, 1.82) is 0 Å². The van der Waals surface area contributed by atoms with E-state index >= 15 is 0 Å². The summed E-state index contributed by atoms with van der Waals surface area (Å²) in [6.07, 6.45) is 0. The van der Waals surface area contributed by atoms with Crippen molar-refractivity contribution in [2.45, 2.75) is 46.6 Å².